The second-order valence-corrected chi connectivity index (χ2v) is 25.2. The summed E-state index contributed by atoms with van der Waals surface area (Å²) in [6.07, 6.45) is 5.25. The van der Waals surface area contributed by atoms with E-state index in [-0.39, 0.29) is 79.0 Å². The van der Waals surface area contributed by atoms with Crippen molar-refractivity contribution >= 4 is 103 Å². The van der Waals surface area contributed by atoms with Gasteiger partial charge in [-0.1, -0.05) is 50.6 Å². The number of thiazole rings is 2. The van der Waals surface area contributed by atoms with Crippen LogP contribution < -0.4 is 71.2 Å². The van der Waals surface area contributed by atoms with Gasteiger partial charge in [-0.15, -0.1) is 22.7 Å². The van der Waals surface area contributed by atoms with Gasteiger partial charge in [0.1, 0.15) is 50.2 Å². The lowest BCUT2D eigenvalue weighted by Crippen LogP contribution is -2.58. The fourth-order valence-corrected chi connectivity index (χ4v) is 11.6. The molecule has 5 aromatic rings. The van der Waals surface area contributed by atoms with Crippen molar-refractivity contribution in [3.63, 3.8) is 0 Å². The van der Waals surface area contributed by atoms with Gasteiger partial charge in [0.25, 0.3) is 11.8 Å². The number of carbonyl (C=O) groups is 7. The van der Waals surface area contributed by atoms with Gasteiger partial charge in [-0.3, -0.25) is 37.8 Å². The zero-order valence-electron chi connectivity index (χ0n) is 49.1. The molecule has 0 fully saturated rings. The van der Waals surface area contributed by atoms with E-state index in [1.54, 1.807) is 25.4 Å². The molecule has 472 valence electrons. The van der Waals surface area contributed by atoms with Crippen molar-refractivity contribution < 1.29 is 42.9 Å². The van der Waals surface area contributed by atoms with E-state index in [4.69, 9.17) is 40.3 Å². The Morgan fingerprint density at radius 1 is 0.826 bits per heavy atom. The fourth-order valence-electron chi connectivity index (χ4n) is 8.91. The second kappa shape index (κ2) is 35.3. The van der Waals surface area contributed by atoms with Gasteiger partial charge in [0.2, 0.25) is 29.5 Å². The molecule has 5 rings (SSSR count). The molecule has 1 aromatic carbocycles. The Morgan fingerprint density at radius 2 is 1.52 bits per heavy atom. The largest absolute Gasteiger partial charge is 0.390 e. The summed E-state index contributed by atoms with van der Waals surface area (Å²) >= 11 is 9.04. The lowest BCUT2D eigenvalue weighted by atomic mass is 9.89. The lowest BCUT2D eigenvalue weighted by molar-refractivity contribution is -0.135. The fraction of sp³-hybridized carbons (Fsp3) is 0.545. The topological polar surface area (TPSA) is 450 Å². The van der Waals surface area contributed by atoms with Gasteiger partial charge in [-0.05, 0) is 89.3 Å². The van der Waals surface area contributed by atoms with E-state index in [9.17, 15) is 42.9 Å². The smallest absolute Gasteiger partial charge is 0.271 e. The van der Waals surface area contributed by atoms with Crippen molar-refractivity contribution in [2.75, 3.05) is 70.1 Å². The van der Waals surface area contributed by atoms with Gasteiger partial charge < -0.3 is 81.3 Å². The zero-order valence-corrected chi connectivity index (χ0v) is 52.3. The first-order valence-electron chi connectivity index (χ1n) is 28.4. The molecule has 7 amide bonds. The molecule has 0 saturated heterocycles. The first kappa shape index (κ1) is 70.2. The molecule has 0 aliphatic heterocycles. The number of rotatable bonds is 39. The number of unbranched alkanes of at least 4 members (excludes halogenated alkanes) is 1. The molecular formula is C55H83ClN18O9S3. The molecule has 86 heavy (non-hydrogen) atoms. The first-order chi connectivity index (χ1) is 41.0. The highest BCUT2D eigenvalue weighted by atomic mass is 35.5. The number of hydrogen-bond acceptors (Lipinski definition) is 21. The molecular weight excluding hydrogens is 1190 g/mol. The lowest BCUT2D eigenvalue weighted by Gasteiger charge is -2.33. The summed E-state index contributed by atoms with van der Waals surface area (Å²) in [7, 11) is -1.34. The molecule has 8 atom stereocenters. The molecule has 0 bridgehead atoms. The van der Waals surface area contributed by atoms with Crippen LogP contribution in [-0.2, 0) is 47.6 Å². The Bertz CT molecular complexity index is 3110. The Balaban J connectivity index is 1.22. The predicted octanol–water partition coefficient (Wildman–Crippen LogP) is -0.0801. The summed E-state index contributed by atoms with van der Waals surface area (Å²) in [6.45, 7) is 11.0. The number of aliphatic hydroxyl groups excluding tert-OH is 1. The number of fused-ring (bicyclic) bond motifs is 1. The number of carbonyl (C=O) groups excluding carboxylic acids is 7. The molecule has 4 heterocycles. The number of anilines is 1. The monoisotopic (exact) mass is 1270 g/mol. The highest BCUT2D eigenvalue weighted by Gasteiger charge is 2.37. The van der Waals surface area contributed by atoms with E-state index >= 15 is 0 Å². The predicted molar refractivity (Wildman–Crippen MR) is 334 cm³/mol. The first-order valence-corrected chi connectivity index (χ1v) is 32.2. The van der Waals surface area contributed by atoms with Gasteiger partial charge in [0, 0.05) is 89.7 Å². The van der Waals surface area contributed by atoms with E-state index in [2.05, 4.69) is 67.5 Å². The van der Waals surface area contributed by atoms with Crippen molar-refractivity contribution in [2.45, 2.75) is 115 Å². The van der Waals surface area contributed by atoms with Crippen LogP contribution in [0.4, 0.5) is 5.82 Å². The SMILES string of the molecule is Cc1c(N)nc([C@H](CC(N)=O)NC[C@H](N)C(N)=O)nc1C(=O)N[C@@H](Cc1c[nH]c2ccccc12)C(=O)N[C@H](C(C)C)[C@@H](O)[C@H](C)C(=O)N[C@@H](CCS(C)=O)C(=O)NCCc1nc(-c2nc(C(=O)NCCCNCCCCNCCCN)cs2)c(Cl)s1. The Morgan fingerprint density at radius 3 is 2.20 bits per heavy atom. The second-order valence-electron chi connectivity index (χ2n) is 21.1. The standard InChI is InChI=1S/C55H83ClN18O9S3/c1-29(2)42(73-53(81)38(24-32-26-66-35-13-7-6-12-33(32)35)69-54(82)43-30(3)47(60)74-49(72-43)37(25-40(59)75)67-27-34(58)48(61)77)45(76)31(4)50(78)68-36(15-23-86(5)83)51(79)65-22-14-41-71-44(46(56)85-41)55-70-39(28-84-55)52(80)64-21-11-20-63-18-9-8-17-62-19-10-16-57/h6-7,12-13,26,28-29,31,34,36-38,42,45,62-63,66-67,76H,8-11,14-25,27,57-58H2,1-5H3,(H2,59,75)(H2,61,77)(H,64,80)(H,65,79)(H,68,78)(H,69,82)(H,73,81)(H2,60,72,74)/t31-,34-,36-,37-,38-,42+,45-,86?/m0/s1. The van der Waals surface area contributed by atoms with Crippen LogP contribution in [0.1, 0.15) is 108 Å². The average molecular weight is 1270 g/mol. The number of nitrogens with two attached hydrogens (primary N) is 5. The number of aliphatic hydroxyl groups is 1. The third-order valence-corrected chi connectivity index (χ3v) is 17.0. The summed E-state index contributed by atoms with van der Waals surface area (Å²) in [5.41, 5.74) is 30.4. The van der Waals surface area contributed by atoms with Crippen LogP contribution >= 0.6 is 34.3 Å². The van der Waals surface area contributed by atoms with Gasteiger partial charge in [-0.2, -0.15) is 0 Å². The van der Waals surface area contributed by atoms with E-state index < -0.39 is 94.4 Å². The maximum atomic E-state index is 14.6. The van der Waals surface area contributed by atoms with Crippen molar-refractivity contribution in [3.8, 4) is 10.7 Å². The van der Waals surface area contributed by atoms with Crippen molar-refractivity contribution in [3.05, 3.63) is 73.5 Å². The van der Waals surface area contributed by atoms with E-state index in [0.29, 0.717) is 38.7 Å². The molecule has 0 radical (unpaired) electrons. The Labute approximate surface area is 515 Å². The quantitative estimate of drug-likeness (QED) is 0.0229. The third kappa shape index (κ3) is 21.7. The van der Waals surface area contributed by atoms with Crippen LogP contribution in [-0.4, -0.2) is 170 Å². The van der Waals surface area contributed by atoms with Crippen LogP contribution in [0.2, 0.25) is 4.34 Å². The molecule has 27 nitrogen and oxygen atoms in total. The number of halogens is 1. The van der Waals surface area contributed by atoms with Crippen molar-refractivity contribution in [2.24, 2.45) is 34.8 Å². The number of H-pyrrole nitrogens is 1. The molecule has 31 heteroatoms. The summed E-state index contributed by atoms with van der Waals surface area (Å²) < 4.78 is 12.6. The van der Waals surface area contributed by atoms with Crippen LogP contribution in [0, 0.1) is 18.8 Å². The average Bonchev–Trinajstić information content (AvgIpc) is 1.66. The van der Waals surface area contributed by atoms with E-state index in [1.807, 2.05) is 24.3 Å². The molecule has 0 aliphatic carbocycles. The number of aromatic nitrogens is 5. The minimum absolute atomic E-state index is 0.00745. The molecule has 0 aliphatic rings. The van der Waals surface area contributed by atoms with Gasteiger partial charge in [0.15, 0.2) is 0 Å². The highest BCUT2D eigenvalue weighted by molar-refractivity contribution is 7.84. The van der Waals surface area contributed by atoms with Crippen molar-refractivity contribution in [1.82, 2.24) is 67.5 Å². The Kier molecular flexibility index (Phi) is 28.8. The van der Waals surface area contributed by atoms with Crippen LogP contribution in [0.5, 0.6) is 0 Å². The number of amides is 7. The number of primary amides is 2. The van der Waals surface area contributed by atoms with Crippen LogP contribution in [0.25, 0.3) is 21.6 Å². The minimum Gasteiger partial charge on any atom is -0.390 e. The van der Waals surface area contributed by atoms with Gasteiger partial charge in [0.05, 0.1) is 35.2 Å². The summed E-state index contributed by atoms with van der Waals surface area (Å²) in [5.74, 6) is -6.75. The number of benzene rings is 1. The number of para-hydroxylation sites is 1. The summed E-state index contributed by atoms with van der Waals surface area (Å²) in [5, 5.41) is 39.1. The van der Waals surface area contributed by atoms with E-state index in [1.165, 1.54) is 42.8 Å². The molecule has 1 unspecified atom stereocenters. The van der Waals surface area contributed by atoms with E-state index in [0.717, 1.165) is 62.8 Å². The van der Waals surface area contributed by atoms with Crippen LogP contribution in [0.3, 0.4) is 0 Å². The number of nitrogens with one attached hydrogen (secondary N) is 9. The zero-order chi connectivity index (χ0) is 63.0. The summed E-state index contributed by atoms with van der Waals surface area (Å²) in [4.78, 5) is 115. The van der Waals surface area contributed by atoms with Crippen molar-refractivity contribution in [1.29, 1.82) is 0 Å². The third-order valence-electron chi connectivity index (χ3n) is 14.0. The highest BCUT2D eigenvalue weighted by Crippen LogP contribution is 2.35. The maximum absolute atomic E-state index is 14.6. The molecule has 20 N–H and O–H groups in total. The molecule has 0 spiro atoms. The van der Waals surface area contributed by atoms with Crippen LogP contribution in [0.15, 0.2) is 35.8 Å². The Hall–Kier alpha value is -6.61. The maximum Gasteiger partial charge on any atom is 0.271 e. The number of aromatic amines is 1. The molecule has 0 saturated carbocycles. The summed E-state index contributed by atoms with van der Waals surface area (Å²) in [6, 6.07) is 1.50. The number of nitrogen functional groups attached to an aromatic ring is 1. The van der Waals surface area contributed by atoms with Gasteiger partial charge >= 0.3 is 0 Å². The normalized spacial score (nSPS) is 14.3. The van der Waals surface area contributed by atoms with Gasteiger partial charge in [-0.25, -0.2) is 19.9 Å². The molecule has 4 aromatic heterocycles. The number of nitrogens with zero attached hydrogens (tertiary/aromatic N) is 4. The number of hydrogen-bond donors (Lipinski definition) is 15. The minimum atomic E-state index is -1.55.